The van der Waals surface area contributed by atoms with Gasteiger partial charge in [-0.15, -0.1) is 0 Å². The van der Waals surface area contributed by atoms with Gasteiger partial charge in [-0.2, -0.15) is 0 Å². The van der Waals surface area contributed by atoms with E-state index in [2.05, 4.69) is 10.6 Å². The fraction of sp³-hybridized carbons (Fsp3) is 0.800. The number of primary amides is 1. The fourth-order valence-electron chi connectivity index (χ4n) is 1.87. The molecule has 0 aromatic heterocycles. The maximum atomic E-state index is 10.7. The standard InChI is InChI=1S/C10H19N3OS/c1-7(6-9(11)14)12-10(15)13-8-4-2-3-5-8/h7-8H,2-6H2,1H3,(H2,11,14)(H2,12,13,15). The summed E-state index contributed by atoms with van der Waals surface area (Å²) < 4.78 is 0. The Morgan fingerprint density at radius 1 is 1.53 bits per heavy atom. The Bertz CT molecular complexity index is 239. The summed E-state index contributed by atoms with van der Waals surface area (Å²) in [6.07, 6.45) is 5.23. The van der Waals surface area contributed by atoms with Gasteiger partial charge in [0.25, 0.3) is 0 Å². The largest absolute Gasteiger partial charge is 0.370 e. The number of hydrogen-bond donors (Lipinski definition) is 3. The molecule has 1 aliphatic rings. The van der Waals surface area contributed by atoms with Crippen molar-refractivity contribution in [1.82, 2.24) is 10.6 Å². The molecule has 5 heteroatoms. The van der Waals surface area contributed by atoms with E-state index < -0.39 is 0 Å². The van der Waals surface area contributed by atoms with Gasteiger partial charge in [-0.1, -0.05) is 12.8 Å². The second-order valence-corrected chi connectivity index (χ2v) is 4.58. The molecule has 0 saturated heterocycles. The average molecular weight is 229 g/mol. The van der Waals surface area contributed by atoms with Crippen LogP contribution in [-0.4, -0.2) is 23.1 Å². The maximum absolute atomic E-state index is 10.7. The Balaban J connectivity index is 2.19. The summed E-state index contributed by atoms with van der Waals surface area (Å²) in [6.45, 7) is 1.90. The number of rotatable bonds is 4. The van der Waals surface area contributed by atoms with Crippen LogP contribution >= 0.6 is 12.2 Å². The van der Waals surface area contributed by atoms with Gasteiger partial charge in [0.15, 0.2) is 5.11 Å². The Hall–Kier alpha value is -0.840. The second-order valence-electron chi connectivity index (χ2n) is 4.17. The predicted molar refractivity (Wildman–Crippen MR) is 64.4 cm³/mol. The third-order valence-corrected chi connectivity index (χ3v) is 2.81. The lowest BCUT2D eigenvalue weighted by atomic mass is 10.2. The summed E-state index contributed by atoms with van der Waals surface area (Å²) in [7, 11) is 0. The summed E-state index contributed by atoms with van der Waals surface area (Å²) in [4.78, 5) is 10.7. The highest BCUT2D eigenvalue weighted by Crippen LogP contribution is 2.17. The van der Waals surface area contributed by atoms with Crippen molar-refractivity contribution in [2.45, 2.75) is 51.1 Å². The molecule has 4 N–H and O–H groups in total. The van der Waals surface area contributed by atoms with Crippen molar-refractivity contribution < 1.29 is 4.79 Å². The van der Waals surface area contributed by atoms with Crippen LogP contribution in [0.2, 0.25) is 0 Å². The molecule has 1 unspecified atom stereocenters. The first-order valence-electron chi connectivity index (χ1n) is 5.43. The van der Waals surface area contributed by atoms with Crippen LogP contribution < -0.4 is 16.4 Å². The van der Waals surface area contributed by atoms with Crippen LogP contribution in [0.15, 0.2) is 0 Å². The van der Waals surface area contributed by atoms with E-state index in [1.54, 1.807) is 0 Å². The van der Waals surface area contributed by atoms with Gasteiger partial charge >= 0.3 is 0 Å². The lowest BCUT2D eigenvalue weighted by Crippen LogP contribution is -2.45. The van der Waals surface area contributed by atoms with Crippen molar-refractivity contribution in [2.75, 3.05) is 0 Å². The predicted octanol–water partition coefficient (Wildman–Crippen LogP) is 0.657. The lowest BCUT2D eigenvalue weighted by Gasteiger charge is -2.19. The summed E-state index contributed by atoms with van der Waals surface area (Å²) >= 11 is 5.15. The van der Waals surface area contributed by atoms with E-state index in [1.165, 1.54) is 25.7 Å². The monoisotopic (exact) mass is 229 g/mol. The van der Waals surface area contributed by atoms with Crippen LogP contribution in [0.3, 0.4) is 0 Å². The van der Waals surface area contributed by atoms with E-state index >= 15 is 0 Å². The quantitative estimate of drug-likeness (QED) is 0.619. The molecule has 0 aromatic rings. The highest BCUT2D eigenvalue weighted by atomic mass is 32.1. The molecule has 1 aliphatic carbocycles. The summed E-state index contributed by atoms with van der Waals surface area (Å²) in [5.74, 6) is -0.307. The number of hydrogen-bond acceptors (Lipinski definition) is 2. The van der Waals surface area contributed by atoms with Crippen LogP contribution in [0.25, 0.3) is 0 Å². The van der Waals surface area contributed by atoms with Crippen molar-refractivity contribution >= 4 is 23.2 Å². The molecule has 4 nitrogen and oxygen atoms in total. The lowest BCUT2D eigenvalue weighted by molar-refractivity contribution is -0.118. The van der Waals surface area contributed by atoms with Crippen molar-refractivity contribution in [3.8, 4) is 0 Å². The number of nitrogens with one attached hydrogen (secondary N) is 2. The average Bonchev–Trinajstić information content (AvgIpc) is 2.53. The van der Waals surface area contributed by atoms with E-state index in [0.29, 0.717) is 17.6 Å². The summed E-state index contributed by atoms with van der Waals surface area (Å²) in [5, 5.41) is 6.94. The number of carbonyl (C=O) groups excluding carboxylic acids is 1. The topological polar surface area (TPSA) is 67.2 Å². The molecule has 1 atom stereocenters. The molecule has 1 rings (SSSR count). The Labute approximate surface area is 96.0 Å². The molecular weight excluding hydrogens is 210 g/mol. The third-order valence-electron chi connectivity index (χ3n) is 2.58. The molecule has 0 spiro atoms. The number of nitrogens with two attached hydrogens (primary N) is 1. The molecular formula is C10H19N3OS. The van der Waals surface area contributed by atoms with Crippen molar-refractivity contribution in [1.29, 1.82) is 0 Å². The van der Waals surface area contributed by atoms with Crippen LogP contribution in [-0.2, 0) is 4.79 Å². The van der Waals surface area contributed by atoms with E-state index in [1.807, 2.05) is 6.92 Å². The van der Waals surface area contributed by atoms with E-state index in [4.69, 9.17) is 18.0 Å². The third kappa shape index (κ3) is 4.97. The van der Waals surface area contributed by atoms with Gasteiger partial charge in [0.2, 0.25) is 5.91 Å². The molecule has 0 aliphatic heterocycles. The molecule has 0 aromatic carbocycles. The Morgan fingerprint density at radius 3 is 2.67 bits per heavy atom. The first-order chi connectivity index (χ1) is 7.08. The van der Waals surface area contributed by atoms with Crippen LogP contribution in [0, 0.1) is 0 Å². The van der Waals surface area contributed by atoms with Gasteiger partial charge < -0.3 is 16.4 Å². The van der Waals surface area contributed by atoms with Gasteiger partial charge in [-0.3, -0.25) is 4.79 Å². The molecule has 15 heavy (non-hydrogen) atoms. The minimum absolute atomic E-state index is 0.00361. The minimum atomic E-state index is -0.307. The smallest absolute Gasteiger partial charge is 0.219 e. The second kappa shape index (κ2) is 5.90. The number of carbonyl (C=O) groups is 1. The van der Waals surface area contributed by atoms with Gasteiger partial charge in [0.05, 0.1) is 0 Å². The van der Waals surface area contributed by atoms with Crippen molar-refractivity contribution in [3.63, 3.8) is 0 Å². The van der Waals surface area contributed by atoms with Gasteiger partial charge in [0.1, 0.15) is 0 Å². The van der Waals surface area contributed by atoms with E-state index in [9.17, 15) is 4.79 Å². The number of amides is 1. The zero-order valence-corrected chi connectivity index (χ0v) is 9.90. The molecule has 0 heterocycles. The first kappa shape index (κ1) is 12.2. The van der Waals surface area contributed by atoms with E-state index in [0.717, 1.165) is 0 Å². The zero-order chi connectivity index (χ0) is 11.3. The van der Waals surface area contributed by atoms with Crippen molar-refractivity contribution in [2.24, 2.45) is 5.73 Å². The fourth-order valence-corrected chi connectivity index (χ4v) is 2.24. The highest BCUT2D eigenvalue weighted by Gasteiger charge is 2.16. The SMILES string of the molecule is CC(CC(N)=O)NC(=S)NC1CCCC1. The number of thiocarbonyl (C=S) groups is 1. The summed E-state index contributed by atoms with van der Waals surface area (Å²) in [6, 6.07) is 0.509. The molecule has 1 saturated carbocycles. The first-order valence-corrected chi connectivity index (χ1v) is 5.84. The van der Waals surface area contributed by atoms with Gasteiger partial charge in [-0.25, -0.2) is 0 Å². The molecule has 86 valence electrons. The zero-order valence-electron chi connectivity index (χ0n) is 9.08. The Morgan fingerprint density at radius 2 is 2.13 bits per heavy atom. The van der Waals surface area contributed by atoms with E-state index in [-0.39, 0.29) is 11.9 Å². The summed E-state index contributed by atoms with van der Waals surface area (Å²) in [5.41, 5.74) is 5.09. The van der Waals surface area contributed by atoms with Crippen LogP contribution in [0.4, 0.5) is 0 Å². The Kier molecular flexibility index (Phi) is 4.81. The van der Waals surface area contributed by atoms with Gasteiger partial charge in [0, 0.05) is 18.5 Å². The molecule has 0 bridgehead atoms. The van der Waals surface area contributed by atoms with Crippen molar-refractivity contribution in [3.05, 3.63) is 0 Å². The minimum Gasteiger partial charge on any atom is -0.370 e. The van der Waals surface area contributed by atoms with Gasteiger partial charge in [-0.05, 0) is 32.0 Å². The molecule has 1 amide bonds. The molecule has 1 fully saturated rings. The van der Waals surface area contributed by atoms with Crippen LogP contribution in [0.5, 0.6) is 0 Å². The maximum Gasteiger partial charge on any atom is 0.219 e. The van der Waals surface area contributed by atoms with Crippen LogP contribution in [0.1, 0.15) is 39.0 Å². The highest BCUT2D eigenvalue weighted by molar-refractivity contribution is 7.80. The molecule has 0 radical (unpaired) electrons. The normalized spacial score (nSPS) is 18.5.